The number of Topliss-reactive ketones (excluding diaryl/α,β-unsaturated/α-hetero) is 1. The molecule has 1 aromatic carbocycles. The first-order valence-corrected chi connectivity index (χ1v) is 9.75. The number of nitrogens with zero attached hydrogens (tertiary/aromatic N) is 3. The van der Waals surface area contributed by atoms with Crippen LogP contribution in [-0.2, 0) is 9.53 Å². The van der Waals surface area contributed by atoms with Crippen molar-refractivity contribution in [2.24, 2.45) is 11.1 Å². The fraction of sp³-hybridized carbons (Fsp3) is 0.318. The Bertz CT molecular complexity index is 1120. The number of para-hydroxylation sites is 1. The standard InChI is InChI=1S/C22H21ClN4O2/c1-12-17(20(23)27(26-12)13-7-5-4-6-8-13)18-14(11-24)21(25)29-16-10-22(2,3)9-15(28)19(16)18/h4-8,18H,9-10,25H2,1-3H3/t18-/m0/s1. The van der Waals surface area contributed by atoms with Gasteiger partial charge in [0.05, 0.1) is 17.3 Å². The summed E-state index contributed by atoms with van der Waals surface area (Å²) in [5, 5.41) is 14.7. The second-order valence-corrected chi connectivity index (χ2v) is 8.60. The molecule has 2 aromatic rings. The minimum atomic E-state index is -0.683. The number of allylic oxidation sites excluding steroid dienone is 3. The van der Waals surface area contributed by atoms with Crippen molar-refractivity contribution < 1.29 is 9.53 Å². The van der Waals surface area contributed by atoms with Crippen molar-refractivity contribution in [3.8, 4) is 11.8 Å². The van der Waals surface area contributed by atoms with Gasteiger partial charge in [-0.1, -0.05) is 43.6 Å². The normalized spacial score (nSPS) is 20.9. The zero-order valence-electron chi connectivity index (χ0n) is 16.5. The zero-order valence-corrected chi connectivity index (χ0v) is 17.2. The van der Waals surface area contributed by atoms with Gasteiger partial charge in [0, 0.05) is 24.0 Å². The lowest BCUT2D eigenvalue weighted by Gasteiger charge is -2.37. The van der Waals surface area contributed by atoms with Crippen LogP contribution < -0.4 is 5.73 Å². The SMILES string of the molecule is Cc1nn(-c2ccccc2)c(Cl)c1[C@@H]1C(C#N)=C(N)OC2=C1C(=O)CC(C)(C)C2. The highest BCUT2D eigenvalue weighted by atomic mass is 35.5. The van der Waals surface area contributed by atoms with Crippen molar-refractivity contribution in [3.63, 3.8) is 0 Å². The summed E-state index contributed by atoms with van der Waals surface area (Å²) in [4.78, 5) is 13.1. The van der Waals surface area contributed by atoms with Crippen LogP contribution in [0.2, 0.25) is 5.15 Å². The molecule has 0 fully saturated rings. The molecule has 1 aliphatic carbocycles. The van der Waals surface area contributed by atoms with Crippen LogP contribution in [0.3, 0.4) is 0 Å². The van der Waals surface area contributed by atoms with Gasteiger partial charge >= 0.3 is 0 Å². The van der Waals surface area contributed by atoms with Crippen molar-refractivity contribution in [2.45, 2.75) is 39.5 Å². The highest BCUT2D eigenvalue weighted by Gasteiger charge is 2.44. The lowest BCUT2D eigenvalue weighted by molar-refractivity contribution is -0.119. The van der Waals surface area contributed by atoms with Gasteiger partial charge in [0.25, 0.3) is 0 Å². The highest BCUT2D eigenvalue weighted by molar-refractivity contribution is 6.31. The maximum absolute atomic E-state index is 13.1. The molecular formula is C22H21ClN4O2. The summed E-state index contributed by atoms with van der Waals surface area (Å²) in [7, 11) is 0. The summed E-state index contributed by atoms with van der Waals surface area (Å²) >= 11 is 6.76. The van der Waals surface area contributed by atoms with E-state index in [4.69, 9.17) is 22.1 Å². The Morgan fingerprint density at radius 2 is 2.00 bits per heavy atom. The first-order valence-electron chi connectivity index (χ1n) is 9.38. The number of carbonyl (C=O) groups excluding carboxylic acids is 1. The molecule has 0 spiro atoms. The Hall–Kier alpha value is -3.04. The van der Waals surface area contributed by atoms with Gasteiger partial charge in [-0.15, -0.1) is 0 Å². The molecule has 4 rings (SSSR count). The first kappa shape index (κ1) is 19.3. The maximum Gasteiger partial charge on any atom is 0.205 e. The minimum absolute atomic E-state index is 0.0182. The fourth-order valence-corrected chi connectivity index (χ4v) is 4.53. The predicted octanol–water partition coefficient (Wildman–Crippen LogP) is 4.29. The molecule has 0 bridgehead atoms. The molecule has 2 aliphatic rings. The summed E-state index contributed by atoms with van der Waals surface area (Å²) in [6.45, 7) is 5.84. The van der Waals surface area contributed by atoms with Gasteiger partial charge in [0.2, 0.25) is 5.88 Å². The molecule has 6 nitrogen and oxygen atoms in total. The van der Waals surface area contributed by atoms with Gasteiger partial charge in [-0.2, -0.15) is 10.4 Å². The van der Waals surface area contributed by atoms with Crippen molar-refractivity contribution in [2.75, 3.05) is 0 Å². The Labute approximate surface area is 174 Å². The van der Waals surface area contributed by atoms with E-state index in [1.807, 2.05) is 51.1 Å². The van der Waals surface area contributed by atoms with Gasteiger partial charge < -0.3 is 10.5 Å². The van der Waals surface area contributed by atoms with E-state index < -0.39 is 5.92 Å². The monoisotopic (exact) mass is 408 g/mol. The zero-order chi connectivity index (χ0) is 20.9. The number of hydrogen-bond acceptors (Lipinski definition) is 5. The summed E-state index contributed by atoms with van der Waals surface area (Å²) in [6, 6.07) is 11.6. The topological polar surface area (TPSA) is 93.9 Å². The van der Waals surface area contributed by atoms with Gasteiger partial charge in [-0.3, -0.25) is 4.79 Å². The van der Waals surface area contributed by atoms with E-state index in [0.717, 1.165) is 5.69 Å². The average Bonchev–Trinajstić information content (AvgIpc) is 2.94. The number of hydrogen-bond donors (Lipinski definition) is 1. The molecule has 0 radical (unpaired) electrons. The maximum atomic E-state index is 13.1. The molecule has 0 saturated heterocycles. The lowest BCUT2D eigenvalue weighted by atomic mass is 9.70. The van der Waals surface area contributed by atoms with Crippen molar-refractivity contribution in [3.05, 3.63) is 69.5 Å². The summed E-state index contributed by atoms with van der Waals surface area (Å²) in [5.74, 6) is -0.193. The van der Waals surface area contributed by atoms with Crippen molar-refractivity contribution >= 4 is 17.4 Å². The van der Waals surface area contributed by atoms with E-state index in [1.54, 1.807) is 4.68 Å². The molecule has 0 unspecified atom stereocenters. The summed E-state index contributed by atoms with van der Waals surface area (Å²) < 4.78 is 7.36. The number of nitrogens with two attached hydrogens (primary N) is 1. The molecule has 7 heteroatoms. The second kappa shape index (κ2) is 6.78. The number of ketones is 1. The quantitative estimate of drug-likeness (QED) is 0.800. The second-order valence-electron chi connectivity index (χ2n) is 8.24. The van der Waals surface area contributed by atoms with Crippen LogP contribution in [0.5, 0.6) is 0 Å². The third-order valence-corrected chi connectivity index (χ3v) is 5.78. The van der Waals surface area contributed by atoms with Crippen LogP contribution in [0, 0.1) is 23.7 Å². The smallest absolute Gasteiger partial charge is 0.205 e. The van der Waals surface area contributed by atoms with E-state index >= 15 is 0 Å². The predicted molar refractivity (Wildman–Crippen MR) is 109 cm³/mol. The van der Waals surface area contributed by atoms with Crippen LogP contribution in [0.15, 0.2) is 53.1 Å². The van der Waals surface area contributed by atoms with E-state index in [1.165, 1.54) is 0 Å². The largest absolute Gasteiger partial charge is 0.444 e. The Morgan fingerprint density at radius 3 is 2.66 bits per heavy atom. The Balaban J connectivity index is 1.94. The Morgan fingerprint density at radius 1 is 1.31 bits per heavy atom. The van der Waals surface area contributed by atoms with Crippen LogP contribution in [0.4, 0.5) is 0 Å². The third-order valence-electron chi connectivity index (χ3n) is 5.41. The molecule has 1 atom stereocenters. The molecule has 29 heavy (non-hydrogen) atoms. The molecule has 1 aromatic heterocycles. The Kier molecular flexibility index (Phi) is 4.51. The van der Waals surface area contributed by atoms with Gasteiger partial charge in [-0.05, 0) is 24.5 Å². The van der Waals surface area contributed by atoms with Gasteiger partial charge in [-0.25, -0.2) is 4.68 Å². The average molecular weight is 409 g/mol. The van der Waals surface area contributed by atoms with E-state index in [0.29, 0.717) is 40.6 Å². The number of halogens is 1. The molecule has 0 amide bonds. The number of aryl methyl sites for hydroxylation is 1. The van der Waals surface area contributed by atoms with E-state index in [-0.39, 0.29) is 22.7 Å². The molecule has 0 saturated carbocycles. The van der Waals surface area contributed by atoms with Gasteiger partial charge in [0.1, 0.15) is 22.6 Å². The van der Waals surface area contributed by atoms with Crippen molar-refractivity contribution in [1.29, 1.82) is 5.26 Å². The number of benzene rings is 1. The van der Waals surface area contributed by atoms with Gasteiger partial charge in [0.15, 0.2) is 5.78 Å². The van der Waals surface area contributed by atoms with Crippen LogP contribution in [0.1, 0.15) is 43.9 Å². The summed E-state index contributed by atoms with van der Waals surface area (Å²) in [5.41, 5.74) is 8.55. The summed E-state index contributed by atoms with van der Waals surface area (Å²) in [6.07, 6.45) is 0.932. The molecule has 148 valence electrons. The van der Waals surface area contributed by atoms with Crippen molar-refractivity contribution in [1.82, 2.24) is 9.78 Å². The first-order chi connectivity index (χ1) is 13.7. The number of rotatable bonds is 2. The van der Waals surface area contributed by atoms with E-state index in [9.17, 15) is 10.1 Å². The fourth-order valence-electron chi connectivity index (χ4n) is 4.15. The van der Waals surface area contributed by atoms with Crippen LogP contribution in [-0.4, -0.2) is 15.6 Å². The number of ether oxygens (including phenoxy) is 1. The third kappa shape index (κ3) is 3.12. The van der Waals surface area contributed by atoms with Crippen LogP contribution in [0.25, 0.3) is 5.69 Å². The highest BCUT2D eigenvalue weighted by Crippen LogP contribution is 2.49. The number of carbonyl (C=O) groups is 1. The minimum Gasteiger partial charge on any atom is -0.444 e. The van der Waals surface area contributed by atoms with E-state index in [2.05, 4.69) is 11.2 Å². The molecule has 1 aliphatic heterocycles. The van der Waals surface area contributed by atoms with Crippen LogP contribution >= 0.6 is 11.6 Å². The molecule has 2 heterocycles. The number of aromatic nitrogens is 2. The number of nitriles is 1. The molecular weight excluding hydrogens is 388 g/mol. The molecule has 2 N–H and O–H groups in total. The lowest BCUT2D eigenvalue weighted by Crippen LogP contribution is -2.33.